The maximum atomic E-state index is 10.6. The second-order valence-corrected chi connectivity index (χ2v) is 7.79. The van der Waals surface area contributed by atoms with Gasteiger partial charge in [-0.05, 0) is 72.1 Å². The largest absolute Gasteiger partial charge is 0.508 e. The monoisotopic (exact) mass is 302 g/mol. The van der Waals surface area contributed by atoms with Gasteiger partial charge in [0.1, 0.15) is 5.75 Å². The lowest BCUT2D eigenvalue weighted by molar-refractivity contribution is -0.0531. The summed E-state index contributed by atoms with van der Waals surface area (Å²) in [6.45, 7) is 2.27. The Balaban J connectivity index is 1.73. The van der Waals surface area contributed by atoms with Crippen LogP contribution in [0.15, 0.2) is 18.2 Å². The number of hydrogen-bond donors (Lipinski definition) is 2. The SMILES string of the molecule is COC1CC(O)[C@@]2(C)CC[C@@H]3c4ccc(O)cc4CC[C@H]3[C@@H]12. The van der Waals surface area contributed by atoms with E-state index >= 15 is 0 Å². The van der Waals surface area contributed by atoms with E-state index in [4.69, 9.17) is 4.74 Å². The molecule has 3 nitrogen and oxygen atoms in total. The zero-order valence-electron chi connectivity index (χ0n) is 13.5. The van der Waals surface area contributed by atoms with Crippen LogP contribution in [-0.4, -0.2) is 29.5 Å². The van der Waals surface area contributed by atoms with Crippen molar-refractivity contribution >= 4 is 0 Å². The molecule has 2 fully saturated rings. The highest BCUT2D eigenvalue weighted by molar-refractivity contribution is 5.40. The van der Waals surface area contributed by atoms with Crippen LogP contribution in [0.5, 0.6) is 5.75 Å². The van der Waals surface area contributed by atoms with Crippen LogP contribution in [0.2, 0.25) is 0 Å². The van der Waals surface area contributed by atoms with E-state index in [-0.39, 0.29) is 17.6 Å². The Kier molecular flexibility index (Phi) is 3.28. The highest BCUT2D eigenvalue weighted by Gasteiger charge is 2.58. The van der Waals surface area contributed by atoms with Gasteiger partial charge < -0.3 is 14.9 Å². The van der Waals surface area contributed by atoms with Gasteiger partial charge in [-0.15, -0.1) is 0 Å². The van der Waals surface area contributed by atoms with Crippen molar-refractivity contribution < 1.29 is 14.9 Å². The Labute approximate surface area is 132 Å². The van der Waals surface area contributed by atoms with Crippen molar-refractivity contribution in [2.24, 2.45) is 17.3 Å². The van der Waals surface area contributed by atoms with Crippen LogP contribution in [0.25, 0.3) is 0 Å². The quantitative estimate of drug-likeness (QED) is 0.837. The van der Waals surface area contributed by atoms with Gasteiger partial charge in [0.25, 0.3) is 0 Å². The minimum absolute atomic E-state index is 0.0102. The molecule has 0 saturated heterocycles. The molecule has 4 rings (SSSR count). The standard InChI is InChI=1S/C19H26O3/c1-19-8-7-14-13-6-4-12(20)9-11(13)3-5-15(14)18(19)16(22-2)10-17(19)21/h4,6,9,14-18,20-21H,3,5,7-8,10H2,1-2H3/t14-,15-,16?,17?,18+,19-/m1/s1. The molecule has 0 aromatic heterocycles. The Hall–Kier alpha value is -1.06. The number of ether oxygens (including phenoxy) is 1. The van der Waals surface area contributed by atoms with Crippen molar-refractivity contribution in [3.8, 4) is 5.75 Å². The smallest absolute Gasteiger partial charge is 0.115 e. The fourth-order valence-corrected chi connectivity index (χ4v) is 5.81. The van der Waals surface area contributed by atoms with Gasteiger partial charge in [-0.1, -0.05) is 13.0 Å². The zero-order chi connectivity index (χ0) is 15.5. The third-order valence-corrected chi connectivity index (χ3v) is 6.93. The predicted octanol–water partition coefficient (Wildman–Crippen LogP) is 3.23. The summed E-state index contributed by atoms with van der Waals surface area (Å²) in [6, 6.07) is 5.89. The third-order valence-electron chi connectivity index (χ3n) is 6.93. The number of phenolic OH excluding ortho intramolecular Hbond substituents is 1. The van der Waals surface area contributed by atoms with Crippen molar-refractivity contribution in [1.82, 2.24) is 0 Å². The number of aromatic hydroxyl groups is 1. The summed E-state index contributed by atoms with van der Waals surface area (Å²) in [4.78, 5) is 0. The van der Waals surface area contributed by atoms with Crippen LogP contribution in [0.3, 0.4) is 0 Å². The van der Waals surface area contributed by atoms with E-state index in [0.29, 0.717) is 23.5 Å². The summed E-state index contributed by atoms with van der Waals surface area (Å²) in [5.74, 6) is 1.99. The fourth-order valence-electron chi connectivity index (χ4n) is 5.81. The van der Waals surface area contributed by atoms with Crippen molar-refractivity contribution in [3.05, 3.63) is 29.3 Å². The molecular formula is C19H26O3. The normalized spacial score (nSPS) is 43.3. The number of aliphatic hydroxyl groups is 1. The van der Waals surface area contributed by atoms with E-state index in [1.54, 1.807) is 7.11 Å². The van der Waals surface area contributed by atoms with E-state index < -0.39 is 0 Å². The summed E-state index contributed by atoms with van der Waals surface area (Å²) in [6.07, 6.45) is 5.13. The molecule has 0 aliphatic heterocycles. The zero-order valence-corrected chi connectivity index (χ0v) is 13.5. The highest BCUT2D eigenvalue weighted by atomic mass is 16.5. The van der Waals surface area contributed by atoms with Crippen molar-refractivity contribution in [3.63, 3.8) is 0 Å². The van der Waals surface area contributed by atoms with Gasteiger partial charge in [-0.3, -0.25) is 0 Å². The van der Waals surface area contributed by atoms with Gasteiger partial charge in [0.15, 0.2) is 0 Å². The molecule has 3 aliphatic rings. The average Bonchev–Trinajstić information content (AvgIpc) is 2.78. The first kappa shape index (κ1) is 14.5. The molecule has 22 heavy (non-hydrogen) atoms. The highest BCUT2D eigenvalue weighted by Crippen LogP contribution is 2.61. The van der Waals surface area contributed by atoms with Crippen LogP contribution >= 0.6 is 0 Å². The molecule has 0 radical (unpaired) electrons. The van der Waals surface area contributed by atoms with Gasteiger partial charge in [0.2, 0.25) is 0 Å². The summed E-state index contributed by atoms with van der Waals surface area (Å²) in [7, 11) is 1.79. The summed E-state index contributed by atoms with van der Waals surface area (Å²) in [5.41, 5.74) is 2.75. The van der Waals surface area contributed by atoms with E-state index in [9.17, 15) is 10.2 Å². The summed E-state index contributed by atoms with van der Waals surface area (Å²) < 4.78 is 5.77. The average molecular weight is 302 g/mol. The van der Waals surface area contributed by atoms with Crippen LogP contribution in [0.4, 0.5) is 0 Å². The topological polar surface area (TPSA) is 49.7 Å². The van der Waals surface area contributed by atoms with Crippen LogP contribution in [0.1, 0.15) is 49.7 Å². The van der Waals surface area contributed by atoms with Crippen LogP contribution < -0.4 is 0 Å². The minimum atomic E-state index is -0.232. The first-order valence-corrected chi connectivity index (χ1v) is 8.57. The number of rotatable bonds is 1. The number of methoxy groups -OCH3 is 1. The molecule has 3 aliphatic carbocycles. The van der Waals surface area contributed by atoms with Crippen molar-refractivity contribution in [2.45, 2.75) is 57.2 Å². The van der Waals surface area contributed by atoms with Gasteiger partial charge in [-0.2, -0.15) is 0 Å². The molecule has 1 aromatic rings. The number of fused-ring (bicyclic) bond motifs is 5. The lowest BCUT2D eigenvalue weighted by atomic mass is 9.55. The fraction of sp³-hybridized carbons (Fsp3) is 0.684. The number of benzene rings is 1. The Morgan fingerprint density at radius 1 is 1.27 bits per heavy atom. The molecule has 2 N–H and O–H groups in total. The Morgan fingerprint density at radius 3 is 2.86 bits per heavy atom. The molecule has 0 heterocycles. The number of phenols is 1. The van der Waals surface area contributed by atoms with Gasteiger partial charge in [0, 0.05) is 13.5 Å². The minimum Gasteiger partial charge on any atom is -0.508 e. The van der Waals surface area contributed by atoms with E-state index in [1.165, 1.54) is 11.1 Å². The second kappa shape index (κ2) is 4.97. The maximum absolute atomic E-state index is 10.6. The molecular weight excluding hydrogens is 276 g/mol. The summed E-state index contributed by atoms with van der Waals surface area (Å²) in [5, 5.41) is 20.3. The van der Waals surface area contributed by atoms with E-state index in [1.807, 2.05) is 12.1 Å². The lowest BCUT2D eigenvalue weighted by Crippen LogP contribution is -2.46. The summed E-state index contributed by atoms with van der Waals surface area (Å²) >= 11 is 0. The molecule has 2 unspecified atom stereocenters. The van der Waals surface area contributed by atoms with Crippen molar-refractivity contribution in [1.29, 1.82) is 0 Å². The molecule has 120 valence electrons. The first-order chi connectivity index (χ1) is 10.5. The molecule has 1 aromatic carbocycles. The molecule has 2 saturated carbocycles. The Morgan fingerprint density at radius 2 is 2.09 bits per heavy atom. The van der Waals surface area contributed by atoms with Gasteiger partial charge >= 0.3 is 0 Å². The number of aliphatic hydroxyl groups excluding tert-OH is 1. The third kappa shape index (κ3) is 1.88. The molecule has 0 spiro atoms. The van der Waals surface area contributed by atoms with Gasteiger partial charge in [0.05, 0.1) is 12.2 Å². The van der Waals surface area contributed by atoms with E-state index in [0.717, 1.165) is 32.1 Å². The lowest BCUT2D eigenvalue weighted by Gasteiger charge is -2.51. The molecule has 0 bridgehead atoms. The first-order valence-electron chi connectivity index (χ1n) is 8.57. The van der Waals surface area contributed by atoms with Crippen molar-refractivity contribution in [2.75, 3.05) is 7.11 Å². The van der Waals surface area contributed by atoms with Crippen LogP contribution in [0, 0.1) is 17.3 Å². The molecule has 3 heteroatoms. The number of aryl methyl sites for hydroxylation is 1. The van der Waals surface area contributed by atoms with Crippen LogP contribution in [-0.2, 0) is 11.2 Å². The Bertz CT molecular complexity index is 584. The number of hydrogen-bond acceptors (Lipinski definition) is 3. The second-order valence-electron chi connectivity index (χ2n) is 7.79. The molecule has 0 amide bonds. The molecule has 6 atom stereocenters. The predicted molar refractivity (Wildman–Crippen MR) is 84.9 cm³/mol. The maximum Gasteiger partial charge on any atom is 0.115 e. The van der Waals surface area contributed by atoms with E-state index in [2.05, 4.69) is 13.0 Å². The van der Waals surface area contributed by atoms with Gasteiger partial charge in [-0.25, -0.2) is 0 Å².